The lowest BCUT2D eigenvalue weighted by molar-refractivity contribution is 0.411. The van der Waals surface area contributed by atoms with Crippen molar-refractivity contribution in [3.8, 4) is 11.5 Å². The van der Waals surface area contributed by atoms with Gasteiger partial charge in [0, 0.05) is 0 Å². The van der Waals surface area contributed by atoms with Gasteiger partial charge in [0.05, 0.1) is 19.6 Å². The number of hydrogen-bond acceptors (Lipinski definition) is 2. The quantitative estimate of drug-likeness (QED) is 0.774. The van der Waals surface area contributed by atoms with Crippen LogP contribution in [-0.2, 0) is 0 Å². The molecule has 0 spiro atoms. The lowest BCUT2D eigenvalue weighted by Gasteiger charge is -2.13. The Kier molecular flexibility index (Phi) is 4.33. The first-order chi connectivity index (χ1) is 9.15. The Morgan fingerprint density at radius 3 is 2.05 bits per heavy atom. The molecule has 0 saturated heterocycles. The summed E-state index contributed by atoms with van der Waals surface area (Å²) in [6.45, 7) is 2.01. The topological polar surface area (TPSA) is 18.5 Å². The van der Waals surface area contributed by atoms with Gasteiger partial charge < -0.3 is 9.47 Å². The zero-order valence-electron chi connectivity index (χ0n) is 11.3. The molecule has 2 aromatic rings. The number of hydrogen-bond donors (Lipinski definition) is 0. The lowest BCUT2D eigenvalue weighted by atomic mass is 10.0. The molecule has 19 heavy (non-hydrogen) atoms. The van der Waals surface area contributed by atoms with E-state index in [4.69, 9.17) is 21.1 Å². The molecule has 2 rings (SSSR count). The van der Waals surface area contributed by atoms with Crippen molar-refractivity contribution in [1.29, 1.82) is 0 Å². The molecule has 1 atom stereocenters. The molecule has 0 radical (unpaired) electrons. The van der Waals surface area contributed by atoms with E-state index in [-0.39, 0.29) is 5.38 Å². The third-order valence-corrected chi connectivity index (χ3v) is 3.62. The highest BCUT2D eigenvalue weighted by Gasteiger charge is 2.12. The van der Waals surface area contributed by atoms with Gasteiger partial charge in [0.15, 0.2) is 0 Å². The third kappa shape index (κ3) is 3.02. The Bertz CT molecular complexity index is 549. The van der Waals surface area contributed by atoms with E-state index in [2.05, 4.69) is 6.07 Å². The van der Waals surface area contributed by atoms with Gasteiger partial charge in [0.1, 0.15) is 11.5 Å². The van der Waals surface area contributed by atoms with Crippen LogP contribution in [0.1, 0.15) is 22.1 Å². The molecule has 2 aromatic carbocycles. The fourth-order valence-corrected chi connectivity index (χ4v) is 2.31. The van der Waals surface area contributed by atoms with E-state index < -0.39 is 0 Å². The van der Waals surface area contributed by atoms with Crippen molar-refractivity contribution in [2.75, 3.05) is 14.2 Å². The van der Waals surface area contributed by atoms with Gasteiger partial charge in [-0.2, -0.15) is 0 Å². The average molecular weight is 277 g/mol. The molecule has 3 heteroatoms. The normalized spacial score (nSPS) is 12.0. The van der Waals surface area contributed by atoms with Gasteiger partial charge in [-0.15, -0.1) is 11.6 Å². The predicted octanol–water partition coefficient (Wildman–Crippen LogP) is 4.34. The number of benzene rings is 2. The smallest absolute Gasteiger partial charge is 0.121 e. The highest BCUT2D eigenvalue weighted by atomic mass is 35.5. The lowest BCUT2D eigenvalue weighted by Crippen LogP contribution is -1.95. The van der Waals surface area contributed by atoms with Crippen molar-refractivity contribution < 1.29 is 9.47 Å². The minimum absolute atomic E-state index is 0.171. The Hall–Kier alpha value is -1.67. The SMILES string of the molecule is COc1ccc(C(Cl)c2ccc(OC)c(C)c2)cc1. The van der Waals surface area contributed by atoms with E-state index in [1.54, 1.807) is 14.2 Å². The van der Waals surface area contributed by atoms with Crippen molar-refractivity contribution in [2.45, 2.75) is 12.3 Å². The van der Waals surface area contributed by atoms with E-state index >= 15 is 0 Å². The molecule has 0 aliphatic rings. The van der Waals surface area contributed by atoms with Crippen LogP contribution in [-0.4, -0.2) is 14.2 Å². The second-order valence-electron chi connectivity index (χ2n) is 4.36. The van der Waals surface area contributed by atoms with Crippen molar-refractivity contribution in [3.05, 3.63) is 59.2 Å². The number of halogens is 1. The first-order valence-corrected chi connectivity index (χ1v) is 6.52. The monoisotopic (exact) mass is 276 g/mol. The molecule has 0 aliphatic heterocycles. The number of aryl methyl sites for hydroxylation is 1. The van der Waals surface area contributed by atoms with Gasteiger partial charge >= 0.3 is 0 Å². The highest BCUT2D eigenvalue weighted by Crippen LogP contribution is 2.32. The van der Waals surface area contributed by atoms with E-state index in [0.29, 0.717) is 0 Å². The minimum Gasteiger partial charge on any atom is -0.497 e. The van der Waals surface area contributed by atoms with Gasteiger partial charge in [0.2, 0.25) is 0 Å². The van der Waals surface area contributed by atoms with Crippen LogP contribution in [0.15, 0.2) is 42.5 Å². The van der Waals surface area contributed by atoms with Gasteiger partial charge in [-0.1, -0.05) is 24.3 Å². The van der Waals surface area contributed by atoms with Gasteiger partial charge in [-0.05, 0) is 41.8 Å². The predicted molar refractivity (Wildman–Crippen MR) is 78.4 cm³/mol. The minimum atomic E-state index is -0.171. The molecular weight excluding hydrogens is 260 g/mol. The molecule has 0 heterocycles. The summed E-state index contributed by atoms with van der Waals surface area (Å²) in [5, 5.41) is -0.171. The standard InChI is InChI=1S/C16H17ClO2/c1-11-10-13(6-9-15(11)19-3)16(17)12-4-7-14(18-2)8-5-12/h4-10,16H,1-3H3. The van der Waals surface area contributed by atoms with Crippen LogP contribution < -0.4 is 9.47 Å². The fraction of sp³-hybridized carbons (Fsp3) is 0.250. The van der Waals surface area contributed by atoms with Crippen LogP contribution in [0.5, 0.6) is 11.5 Å². The highest BCUT2D eigenvalue weighted by molar-refractivity contribution is 6.22. The molecule has 2 nitrogen and oxygen atoms in total. The van der Waals surface area contributed by atoms with E-state index in [0.717, 1.165) is 28.2 Å². The summed E-state index contributed by atoms with van der Waals surface area (Å²) in [6.07, 6.45) is 0. The largest absolute Gasteiger partial charge is 0.497 e. The zero-order chi connectivity index (χ0) is 13.8. The van der Waals surface area contributed by atoms with E-state index in [1.165, 1.54) is 0 Å². The summed E-state index contributed by atoms with van der Waals surface area (Å²) in [6, 6.07) is 13.8. The van der Waals surface area contributed by atoms with Gasteiger partial charge in [-0.25, -0.2) is 0 Å². The third-order valence-electron chi connectivity index (χ3n) is 3.12. The first kappa shape index (κ1) is 13.8. The maximum Gasteiger partial charge on any atom is 0.121 e. The first-order valence-electron chi connectivity index (χ1n) is 6.08. The molecule has 0 amide bonds. The summed E-state index contributed by atoms with van der Waals surface area (Å²) in [7, 11) is 3.32. The number of alkyl halides is 1. The van der Waals surface area contributed by atoms with Crippen LogP contribution in [0.3, 0.4) is 0 Å². The van der Waals surface area contributed by atoms with Crippen LogP contribution >= 0.6 is 11.6 Å². The Balaban J connectivity index is 2.27. The molecule has 0 saturated carbocycles. The van der Waals surface area contributed by atoms with E-state index in [1.807, 2.05) is 43.3 Å². The number of ether oxygens (including phenoxy) is 2. The number of rotatable bonds is 4. The average Bonchev–Trinajstić information content (AvgIpc) is 2.46. The maximum atomic E-state index is 6.51. The zero-order valence-corrected chi connectivity index (χ0v) is 12.1. The molecule has 0 fully saturated rings. The molecule has 0 bridgehead atoms. The number of methoxy groups -OCH3 is 2. The van der Waals surface area contributed by atoms with Gasteiger partial charge in [0.25, 0.3) is 0 Å². The molecular formula is C16H17ClO2. The van der Waals surface area contributed by atoms with Crippen LogP contribution in [0.2, 0.25) is 0 Å². The second kappa shape index (κ2) is 5.98. The summed E-state index contributed by atoms with van der Waals surface area (Å²) in [4.78, 5) is 0. The second-order valence-corrected chi connectivity index (χ2v) is 4.80. The Morgan fingerprint density at radius 2 is 1.53 bits per heavy atom. The van der Waals surface area contributed by atoms with Crippen LogP contribution in [0, 0.1) is 6.92 Å². The van der Waals surface area contributed by atoms with Crippen LogP contribution in [0.4, 0.5) is 0 Å². The van der Waals surface area contributed by atoms with Gasteiger partial charge in [-0.3, -0.25) is 0 Å². The molecule has 100 valence electrons. The summed E-state index contributed by atoms with van der Waals surface area (Å²) in [5.41, 5.74) is 3.19. The van der Waals surface area contributed by atoms with Crippen LogP contribution in [0.25, 0.3) is 0 Å². The summed E-state index contributed by atoms with van der Waals surface area (Å²) >= 11 is 6.51. The van der Waals surface area contributed by atoms with Crippen molar-refractivity contribution in [2.24, 2.45) is 0 Å². The molecule has 1 unspecified atom stereocenters. The summed E-state index contributed by atoms with van der Waals surface area (Å²) in [5.74, 6) is 1.71. The van der Waals surface area contributed by atoms with Crippen molar-refractivity contribution in [3.63, 3.8) is 0 Å². The van der Waals surface area contributed by atoms with Crippen molar-refractivity contribution in [1.82, 2.24) is 0 Å². The molecule has 0 aromatic heterocycles. The molecule has 0 aliphatic carbocycles. The Morgan fingerprint density at radius 1 is 0.895 bits per heavy atom. The van der Waals surface area contributed by atoms with Crippen molar-refractivity contribution >= 4 is 11.6 Å². The molecule has 0 N–H and O–H groups in total. The maximum absolute atomic E-state index is 6.51. The fourth-order valence-electron chi connectivity index (χ4n) is 2.02. The Labute approximate surface area is 118 Å². The summed E-state index contributed by atoms with van der Waals surface area (Å²) < 4.78 is 10.4. The van der Waals surface area contributed by atoms with E-state index in [9.17, 15) is 0 Å².